The molecule has 3 rings (SSSR count). The molecule has 0 aliphatic carbocycles. The first kappa shape index (κ1) is 17.1. The van der Waals surface area contributed by atoms with Crippen molar-refractivity contribution >= 4 is 54.5 Å². The number of halogens is 1. The van der Waals surface area contributed by atoms with Crippen molar-refractivity contribution in [2.24, 2.45) is 0 Å². The predicted octanol–water partition coefficient (Wildman–Crippen LogP) is 3.16. The lowest BCUT2D eigenvalue weighted by atomic mass is 10.1. The minimum atomic E-state index is -3.44. The quantitative estimate of drug-likeness (QED) is 0.803. The maximum absolute atomic E-state index is 12.4. The summed E-state index contributed by atoms with van der Waals surface area (Å²) in [6.45, 7) is 1.12. The molecule has 0 radical (unpaired) electrons. The van der Waals surface area contributed by atoms with Crippen molar-refractivity contribution in [3.05, 3.63) is 38.3 Å². The summed E-state index contributed by atoms with van der Waals surface area (Å²) in [7, 11) is -3.44. The number of hydrogen-bond acceptors (Lipinski definition) is 5. The number of piperidine rings is 1. The van der Waals surface area contributed by atoms with Crippen LogP contribution in [-0.4, -0.2) is 38.4 Å². The molecule has 5 nitrogen and oxygen atoms in total. The molecule has 0 aromatic carbocycles. The lowest BCUT2D eigenvalue weighted by Gasteiger charge is -2.32. The van der Waals surface area contributed by atoms with Crippen molar-refractivity contribution < 1.29 is 13.2 Å². The van der Waals surface area contributed by atoms with Gasteiger partial charge in [-0.25, -0.2) is 13.1 Å². The number of amides is 1. The average molecular weight is 435 g/mol. The van der Waals surface area contributed by atoms with E-state index in [1.807, 2.05) is 11.4 Å². The van der Waals surface area contributed by atoms with Crippen molar-refractivity contribution in [2.45, 2.75) is 23.1 Å². The number of carbonyl (C=O) groups excluding carboxylic acids is 1. The Kier molecular flexibility index (Phi) is 5.22. The number of rotatable bonds is 4. The van der Waals surface area contributed by atoms with Gasteiger partial charge < -0.3 is 4.90 Å². The van der Waals surface area contributed by atoms with E-state index in [1.54, 1.807) is 22.4 Å². The first-order valence-corrected chi connectivity index (χ1v) is 11.1. The van der Waals surface area contributed by atoms with Gasteiger partial charge in [-0.3, -0.25) is 4.79 Å². The van der Waals surface area contributed by atoms with E-state index in [0.717, 1.165) is 3.79 Å². The van der Waals surface area contributed by atoms with E-state index in [9.17, 15) is 13.2 Å². The van der Waals surface area contributed by atoms with Crippen LogP contribution in [0.1, 0.15) is 23.2 Å². The number of nitrogens with one attached hydrogen (secondary N) is 1. The standard InChI is InChI=1S/C14H15BrN2O3S3/c15-12-8-10(9-22-12)14(18)17-5-3-11(4-6-17)16-23(19,20)13-2-1-7-21-13/h1-2,7-9,11,16H,3-6H2. The van der Waals surface area contributed by atoms with Gasteiger partial charge in [0.1, 0.15) is 4.21 Å². The molecule has 2 aromatic heterocycles. The Morgan fingerprint density at radius 3 is 2.61 bits per heavy atom. The van der Waals surface area contributed by atoms with Crippen LogP contribution in [0.15, 0.2) is 37.0 Å². The third-order valence-electron chi connectivity index (χ3n) is 3.68. The molecule has 9 heteroatoms. The summed E-state index contributed by atoms with van der Waals surface area (Å²) >= 11 is 6.05. The van der Waals surface area contributed by atoms with Gasteiger partial charge in [-0.05, 0) is 46.3 Å². The van der Waals surface area contributed by atoms with Crippen LogP contribution in [0.25, 0.3) is 0 Å². The molecule has 1 saturated heterocycles. The van der Waals surface area contributed by atoms with E-state index >= 15 is 0 Å². The zero-order valence-electron chi connectivity index (χ0n) is 12.1. The van der Waals surface area contributed by atoms with E-state index in [0.29, 0.717) is 35.7 Å². The maximum Gasteiger partial charge on any atom is 0.254 e. The zero-order chi connectivity index (χ0) is 16.4. The fourth-order valence-electron chi connectivity index (χ4n) is 2.50. The van der Waals surface area contributed by atoms with Gasteiger partial charge >= 0.3 is 0 Å². The van der Waals surface area contributed by atoms with Crippen molar-refractivity contribution in [2.75, 3.05) is 13.1 Å². The minimum absolute atomic E-state index is 0.00603. The lowest BCUT2D eigenvalue weighted by molar-refractivity contribution is 0.0712. The third-order valence-corrected chi connectivity index (χ3v) is 8.10. The van der Waals surface area contributed by atoms with Crippen LogP contribution in [0.2, 0.25) is 0 Å². The summed E-state index contributed by atoms with van der Waals surface area (Å²) in [4.78, 5) is 14.1. The van der Waals surface area contributed by atoms with Gasteiger partial charge in [0.05, 0.1) is 9.35 Å². The highest BCUT2D eigenvalue weighted by Crippen LogP contribution is 2.24. The summed E-state index contributed by atoms with van der Waals surface area (Å²) in [5, 5.41) is 3.58. The van der Waals surface area contributed by atoms with Crippen LogP contribution >= 0.6 is 38.6 Å². The van der Waals surface area contributed by atoms with Gasteiger partial charge in [0.25, 0.3) is 5.91 Å². The molecule has 124 valence electrons. The average Bonchev–Trinajstić information content (AvgIpc) is 3.18. The second kappa shape index (κ2) is 7.02. The Bertz CT molecular complexity index is 778. The summed E-state index contributed by atoms with van der Waals surface area (Å²) in [6.07, 6.45) is 1.25. The van der Waals surface area contributed by atoms with Crippen LogP contribution in [0, 0.1) is 0 Å². The summed E-state index contributed by atoms with van der Waals surface area (Å²) in [5.41, 5.74) is 0.680. The summed E-state index contributed by atoms with van der Waals surface area (Å²) < 4.78 is 28.4. The van der Waals surface area contributed by atoms with E-state index < -0.39 is 10.0 Å². The molecule has 23 heavy (non-hydrogen) atoms. The number of sulfonamides is 1. The molecule has 1 amide bonds. The van der Waals surface area contributed by atoms with Crippen LogP contribution in [0.3, 0.4) is 0 Å². The van der Waals surface area contributed by atoms with Crippen LogP contribution in [0.5, 0.6) is 0 Å². The first-order chi connectivity index (χ1) is 11.0. The molecule has 0 unspecified atom stereocenters. The number of carbonyl (C=O) groups is 1. The fourth-order valence-corrected chi connectivity index (χ4v) is 5.94. The Labute approximate surface area is 151 Å². The molecule has 1 fully saturated rings. The Balaban J connectivity index is 1.57. The largest absolute Gasteiger partial charge is 0.339 e. The molecule has 1 aliphatic heterocycles. The Hall–Kier alpha value is -0.740. The van der Waals surface area contributed by atoms with Crippen molar-refractivity contribution in [1.82, 2.24) is 9.62 Å². The van der Waals surface area contributed by atoms with E-state index in [1.165, 1.54) is 22.7 Å². The van der Waals surface area contributed by atoms with Gasteiger partial charge in [0.2, 0.25) is 10.0 Å². The van der Waals surface area contributed by atoms with Gasteiger partial charge in [-0.2, -0.15) is 0 Å². The SMILES string of the molecule is O=C(c1csc(Br)c1)N1CCC(NS(=O)(=O)c2cccs2)CC1. The summed E-state index contributed by atoms with van der Waals surface area (Å²) in [6, 6.07) is 5.01. The molecule has 2 aromatic rings. The molecule has 0 atom stereocenters. The van der Waals surface area contributed by atoms with E-state index in [-0.39, 0.29) is 11.9 Å². The molecule has 3 heterocycles. The Morgan fingerprint density at radius 1 is 1.30 bits per heavy atom. The zero-order valence-corrected chi connectivity index (χ0v) is 16.1. The second-order valence-electron chi connectivity index (χ2n) is 5.26. The van der Waals surface area contributed by atoms with Gasteiger partial charge in [-0.1, -0.05) is 6.07 Å². The highest BCUT2D eigenvalue weighted by atomic mass is 79.9. The van der Waals surface area contributed by atoms with E-state index in [4.69, 9.17) is 0 Å². The van der Waals surface area contributed by atoms with Gasteiger partial charge in [0, 0.05) is 24.5 Å². The summed E-state index contributed by atoms with van der Waals surface area (Å²) in [5.74, 6) is 0.00603. The minimum Gasteiger partial charge on any atom is -0.339 e. The van der Waals surface area contributed by atoms with Crippen LogP contribution < -0.4 is 4.72 Å². The smallest absolute Gasteiger partial charge is 0.254 e. The molecular formula is C14H15BrN2O3S3. The maximum atomic E-state index is 12.4. The van der Waals surface area contributed by atoms with Crippen molar-refractivity contribution in [3.63, 3.8) is 0 Å². The third kappa shape index (κ3) is 4.03. The first-order valence-electron chi connectivity index (χ1n) is 7.05. The molecular weight excluding hydrogens is 420 g/mol. The Morgan fingerprint density at radius 2 is 2.04 bits per heavy atom. The van der Waals surface area contributed by atoms with Crippen LogP contribution in [-0.2, 0) is 10.0 Å². The lowest BCUT2D eigenvalue weighted by Crippen LogP contribution is -2.46. The molecule has 0 spiro atoms. The molecule has 0 bridgehead atoms. The van der Waals surface area contributed by atoms with Crippen molar-refractivity contribution in [1.29, 1.82) is 0 Å². The normalized spacial score (nSPS) is 16.7. The number of thiophene rings is 2. The van der Waals surface area contributed by atoms with Crippen LogP contribution in [0.4, 0.5) is 0 Å². The monoisotopic (exact) mass is 434 g/mol. The van der Waals surface area contributed by atoms with Gasteiger partial charge in [0.15, 0.2) is 0 Å². The highest BCUT2D eigenvalue weighted by Gasteiger charge is 2.27. The number of likely N-dealkylation sites (tertiary alicyclic amines) is 1. The second-order valence-corrected chi connectivity index (χ2v) is 10.4. The topological polar surface area (TPSA) is 66.5 Å². The fraction of sp³-hybridized carbons (Fsp3) is 0.357. The van der Waals surface area contributed by atoms with Crippen molar-refractivity contribution in [3.8, 4) is 0 Å². The molecule has 1 N–H and O–H groups in total. The molecule has 0 saturated carbocycles. The highest BCUT2D eigenvalue weighted by molar-refractivity contribution is 9.11. The number of hydrogen-bond donors (Lipinski definition) is 1. The van der Waals surface area contributed by atoms with E-state index in [2.05, 4.69) is 20.7 Å². The molecule has 1 aliphatic rings. The number of nitrogens with zero attached hydrogens (tertiary/aromatic N) is 1. The predicted molar refractivity (Wildman–Crippen MR) is 95.6 cm³/mol. The van der Waals surface area contributed by atoms with Gasteiger partial charge in [-0.15, -0.1) is 22.7 Å².